The number of anilines is 2. The predicted molar refractivity (Wildman–Crippen MR) is 108 cm³/mol. The summed E-state index contributed by atoms with van der Waals surface area (Å²) in [6.07, 6.45) is 3.46. The van der Waals surface area contributed by atoms with Crippen LogP contribution in [0.1, 0.15) is 10.4 Å². The molecule has 0 radical (unpaired) electrons. The Morgan fingerprint density at radius 1 is 1.38 bits per heavy atom. The van der Waals surface area contributed by atoms with Crippen molar-refractivity contribution in [3.05, 3.63) is 59.8 Å². The molecule has 1 fully saturated rings. The van der Waals surface area contributed by atoms with Gasteiger partial charge in [0.2, 0.25) is 0 Å². The fourth-order valence-corrected chi connectivity index (χ4v) is 3.69. The van der Waals surface area contributed by atoms with Crippen LogP contribution in [-0.2, 0) is 4.74 Å². The maximum absolute atomic E-state index is 12.6. The molecule has 1 aromatic carbocycles. The molecule has 1 aliphatic rings. The first-order valence-electron chi connectivity index (χ1n) is 8.31. The number of nitrogens with one attached hydrogen (secondary N) is 1. The zero-order chi connectivity index (χ0) is 18.4. The van der Waals surface area contributed by atoms with Gasteiger partial charge in [-0.05, 0) is 30.3 Å². The highest BCUT2D eigenvalue weighted by Gasteiger charge is 2.16. The van der Waals surface area contributed by atoms with Crippen LogP contribution in [0, 0.1) is 0 Å². The van der Waals surface area contributed by atoms with Gasteiger partial charge in [0, 0.05) is 30.7 Å². The Bertz CT molecular complexity index is 794. The van der Waals surface area contributed by atoms with Crippen LogP contribution in [0.3, 0.4) is 0 Å². The third-order valence-corrected chi connectivity index (χ3v) is 5.21. The average molecular weight is 390 g/mol. The van der Waals surface area contributed by atoms with E-state index in [-0.39, 0.29) is 5.91 Å². The van der Waals surface area contributed by atoms with Gasteiger partial charge in [0.15, 0.2) is 0 Å². The molecule has 3 rings (SSSR count). The third kappa shape index (κ3) is 4.58. The van der Waals surface area contributed by atoms with E-state index in [9.17, 15) is 4.79 Å². The molecule has 2 heterocycles. The van der Waals surface area contributed by atoms with Crippen molar-refractivity contribution in [3.63, 3.8) is 0 Å². The monoisotopic (exact) mass is 389 g/mol. The minimum absolute atomic E-state index is 0.208. The number of hydrogen-bond donors (Lipinski definition) is 1. The van der Waals surface area contributed by atoms with Gasteiger partial charge in [0.25, 0.3) is 5.91 Å². The number of aromatic nitrogens is 1. The number of morpholine rings is 1. The van der Waals surface area contributed by atoms with E-state index in [1.54, 1.807) is 30.5 Å². The molecule has 0 spiro atoms. The predicted octanol–water partition coefficient (Wildman–Crippen LogP) is 4.10. The summed E-state index contributed by atoms with van der Waals surface area (Å²) in [5.41, 5.74) is 2.14. The fourth-order valence-electron chi connectivity index (χ4n) is 2.66. The Labute approximate surface area is 162 Å². The number of carbonyl (C=O) groups excluding carboxylic acids is 1. The van der Waals surface area contributed by atoms with E-state index in [0.29, 0.717) is 40.3 Å². The number of rotatable bonds is 6. The molecular formula is C19H20ClN3O2S. The van der Waals surface area contributed by atoms with Gasteiger partial charge in [0.05, 0.1) is 29.5 Å². The highest BCUT2D eigenvalue weighted by molar-refractivity contribution is 7.99. The number of nitrogens with zero attached hydrogens (tertiary/aromatic N) is 2. The molecule has 1 aliphatic heterocycles. The second kappa shape index (κ2) is 9.07. The van der Waals surface area contributed by atoms with Crippen LogP contribution < -0.4 is 10.2 Å². The molecule has 7 heteroatoms. The molecule has 136 valence electrons. The number of hydrogen-bond acceptors (Lipinski definition) is 5. The number of benzene rings is 1. The molecule has 26 heavy (non-hydrogen) atoms. The molecule has 0 saturated carbocycles. The van der Waals surface area contributed by atoms with E-state index in [2.05, 4.69) is 21.8 Å². The average Bonchev–Trinajstić information content (AvgIpc) is 2.67. The van der Waals surface area contributed by atoms with E-state index in [1.807, 2.05) is 12.1 Å². The Hall–Kier alpha value is -2.02. The van der Waals surface area contributed by atoms with Crippen molar-refractivity contribution in [2.45, 2.75) is 5.03 Å². The summed E-state index contributed by atoms with van der Waals surface area (Å²) < 4.78 is 5.37. The lowest BCUT2D eigenvalue weighted by molar-refractivity contribution is 0.102. The van der Waals surface area contributed by atoms with Crippen LogP contribution in [0.5, 0.6) is 0 Å². The standard InChI is InChI=1S/C19H20ClN3O2S/c1-2-12-26-19-15(4-3-7-21-19)18(24)22-14-5-6-17(16(20)13-14)23-8-10-25-11-9-23/h2-7,13H,1,8-12H2,(H,22,24). The number of amides is 1. The molecule has 2 aromatic rings. The van der Waals surface area contributed by atoms with Crippen LogP contribution >= 0.6 is 23.4 Å². The molecule has 0 atom stereocenters. The minimum atomic E-state index is -0.208. The number of halogens is 1. The van der Waals surface area contributed by atoms with Gasteiger partial charge in [-0.2, -0.15) is 0 Å². The van der Waals surface area contributed by atoms with Gasteiger partial charge in [-0.15, -0.1) is 18.3 Å². The van der Waals surface area contributed by atoms with Crippen LogP contribution in [0.25, 0.3) is 0 Å². The number of thioether (sulfide) groups is 1. The Morgan fingerprint density at radius 3 is 2.92 bits per heavy atom. The molecule has 1 saturated heterocycles. The van der Waals surface area contributed by atoms with Crippen LogP contribution in [-0.4, -0.2) is 42.9 Å². The minimum Gasteiger partial charge on any atom is -0.378 e. The first kappa shape index (κ1) is 18.8. The zero-order valence-corrected chi connectivity index (χ0v) is 15.9. The molecule has 1 N–H and O–H groups in total. The van der Waals surface area contributed by atoms with Gasteiger partial charge >= 0.3 is 0 Å². The van der Waals surface area contributed by atoms with Crippen molar-refractivity contribution >= 4 is 40.6 Å². The van der Waals surface area contributed by atoms with Crippen LogP contribution in [0.15, 0.2) is 54.2 Å². The van der Waals surface area contributed by atoms with Crippen molar-refractivity contribution in [2.75, 3.05) is 42.3 Å². The highest BCUT2D eigenvalue weighted by Crippen LogP contribution is 2.30. The van der Waals surface area contributed by atoms with Crippen molar-refractivity contribution < 1.29 is 9.53 Å². The Balaban J connectivity index is 1.73. The summed E-state index contributed by atoms with van der Waals surface area (Å²) in [6, 6.07) is 9.08. The van der Waals surface area contributed by atoms with E-state index in [0.717, 1.165) is 18.8 Å². The van der Waals surface area contributed by atoms with Gasteiger partial charge in [-0.1, -0.05) is 17.7 Å². The lowest BCUT2D eigenvalue weighted by Crippen LogP contribution is -2.36. The lowest BCUT2D eigenvalue weighted by Gasteiger charge is -2.29. The Kier molecular flexibility index (Phi) is 6.55. The number of pyridine rings is 1. The molecule has 1 aromatic heterocycles. The van der Waals surface area contributed by atoms with Gasteiger partial charge in [-0.25, -0.2) is 4.98 Å². The summed E-state index contributed by atoms with van der Waals surface area (Å²) in [5.74, 6) is 0.483. The summed E-state index contributed by atoms with van der Waals surface area (Å²) in [4.78, 5) is 19.1. The van der Waals surface area contributed by atoms with E-state index in [4.69, 9.17) is 16.3 Å². The number of ether oxygens (including phenoxy) is 1. The third-order valence-electron chi connectivity index (χ3n) is 3.91. The molecule has 0 aliphatic carbocycles. The number of carbonyl (C=O) groups is 1. The van der Waals surface area contributed by atoms with Gasteiger partial charge in [0.1, 0.15) is 5.03 Å². The quantitative estimate of drug-likeness (QED) is 0.595. The Morgan fingerprint density at radius 2 is 2.19 bits per heavy atom. The fraction of sp³-hybridized carbons (Fsp3) is 0.263. The SMILES string of the molecule is C=CCSc1ncccc1C(=O)Nc1ccc(N2CCOCC2)c(Cl)c1. The first-order valence-corrected chi connectivity index (χ1v) is 9.67. The highest BCUT2D eigenvalue weighted by atomic mass is 35.5. The second-order valence-corrected chi connectivity index (χ2v) is 7.09. The maximum atomic E-state index is 12.6. The summed E-state index contributed by atoms with van der Waals surface area (Å²) in [5, 5.41) is 4.19. The normalized spacial score (nSPS) is 14.1. The van der Waals surface area contributed by atoms with Crippen molar-refractivity contribution in [1.82, 2.24) is 4.98 Å². The maximum Gasteiger partial charge on any atom is 0.258 e. The van der Waals surface area contributed by atoms with Crippen molar-refractivity contribution in [1.29, 1.82) is 0 Å². The molecule has 5 nitrogen and oxygen atoms in total. The van der Waals surface area contributed by atoms with E-state index >= 15 is 0 Å². The smallest absolute Gasteiger partial charge is 0.258 e. The van der Waals surface area contributed by atoms with E-state index < -0.39 is 0 Å². The molecule has 0 unspecified atom stereocenters. The summed E-state index contributed by atoms with van der Waals surface area (Å²) >= 11 is 7.91. The topological polar surface area (TPSA) is 54.5 Å². The van der Waals surface area contributed by atoms with Crippen molar-refractivity contribution in [2.24, 2.45) is 0 Å². The molecular weight excluding hydrogens is 370 g/mol. The second-order valence-electron chi connectivity index (χ2n) is 5.68. The summed E-state index contributed by atoms with van der Waals surface area (Å²) in [7, 11) is 0. The summed E-state index contributed by atoms with van der Waals surface area (Å²) in [6.45, 7) is 6.71. The van der Waals surface area contributed by atoms with E-state index in [1.165, 1.54) is 11.8 Å². The van der Waals surface area contributed by atoms with Crippen molar-refractivity contribution in [3.8, 4) is 0 Å². The zero-order valence-electron chi connectivity index (χ0n) is 14.3. The first-order chi connectivity index (χ1) is 12.7. The van der Waals surface area contributed by atoms with Crippen LogP contribution in [0.4, 0.5) is 11.4 Å². The molecule has 1 amide bonds. The van der Waals surface area contributed by atoms with Crippen LogP contribution in [0.2, 0.25) is 5.02 Å². The lowest BCUT2D eigenvalue weighted by atomic mass is 10.2. The van der Waals surface area contributed by atoms with Gasteiger partial charge < -0.3 is 15.0 Å². The molecule has 0 bridgehead atoms. The largest absolute Gasteiger partial charge is 0.378 e. The van der Waals surface area contributed by atoms with Gasteiger partial charge in [-0.3, -0.25) is 4.79 Å².